The maximum absolute atomic E-state index is 13.3. The van der Waals surface area contributed by atoms with Crippen LogP contribution in [0.25, 0.3) is 22.3 Å². The molecule has 6 spiro atoms. The van der Waals surface area contributed by atoms with Crippen molar-refractivity contribution in [3.8, 4) is 0 Å². The number of nitrogens with two attached hydrogens (primary N) is 1. The first-order valence-corrected chi connectivity index (χ1v) is 50.1. The van der Waals surface area contributed by atoms with Crippen molar-refractivity contribution in [1.29, 1.82) is 0 Å². The van der Waals surface area contributed by atoms with Crippen LogP contribution in [0.15, 0.2) is 101 Å². The van der Waals surface area contributed by atoms with Gasteiger partial charge in [0.1, 0.15) is 115 Å². The second-order valence-corrected chi connectivity index (χ2v) is 41.8. The third kappa shape index (κ3) is 23.1. The molecule has 12 N–H and O–H groups in total. The van der Waals surface area contributed by atoms with Crippen LogP contribution in [0.4, 0.5) is 21.2 Å². The van der Waals surface area contributed by atoms with Crippen LogP contribution in [0.5, 0.6) is 0 Å². The average molecular weight is 1940 g/mol. The van der Waals surface area contributed by atoms with E-state index in [0.717, 1.165) is 172 Å². The topological polar surface area (TPSA) is 508 Å². The highest BCUT2D eigenvalue weighted by Gasteiger charge is 2.62. The maximum atomic E-state index is 13.3. The summed E-state index contributed by atoms with van der Waals surface area (Å²) in [6, 6.07) is -0.0914. The Morgan fingerprint density at radius 2 is 0.906 bits per heavy atom. The van der Waals surface area contributed by atoms with Crippen LogP contribution >= 0.6 is 0 Å². The molecule has 4 aromatic heterocycles. The van der Waals surface area contributed by atoms with Gasteiger partial charge >= 0.3 is 12.2 Å². The Morgan fingerprint density at radius 3 is 1.36 bits per heavy atom. The molecule has 16 fully saturated rings. The van der Waals surface area contributed by atoms with Gasteiger partial charge in [-0.1, -0.05) is 68.9 Å². The molecule has 766 valence electrons. The number of aliphatic hydroxyl groups excluding tert-OH is 10. The Hall–Kier alpha value is -7.17. The lowest BCUT2D eigenvalue weighted by molar-refractivity contribution is -0.208. The fourth-order valence-corrected chi connectivity index (χ4v) is 22.8. The van der Waals surface area contributed by atoms with Gasteiger partial charge in [0, 0.05) is 101 Å². The number of imidazole rings is 2. The van der Waals surface area contributed by atoms with Gasteiger partial charge in [-0.05, 0) is 150 Å². The molecule has 21 rings (SSSR count). The molecule has 38 heteroatoms. The second-order valence-electron chi connectivity index (χ2n) is 41.8. The smallest absolute Gasteiger partial charge is 0.425 e. The number of amides is 2. The van der Waals surface area contributed by atoms with Crippen LogP contribution in [0.3, 0.4) is 0 Å². The molecule has 1 unspecified atom stereocenters. The quantitative estimate of drug-likeness (QED) is 0.0522. The van der Waals surface area contributed by atoms with Crippen LogP contribution in [0, 0.1) is 17.8 Å². The first-order chi connectivity index (χ1) is 66.0. The van der Waals surface area contributed by atoms with Crippen molar-refractivity contribution in [3.05, 3.63) is 101 Å². The van der Waals surface area contributed by atoms with E-state index in [0.29, 0.717) is 22.6 Å². The van der Waals surface area contributed by atoms with Gasteiger partial charge in [0.15, 0.2) is 81.3 Å². The van der Waals surface area contributed by atoms with Gasteiger partial charge in [-0.2, -0.15) is 4.90 Å². The first kappa shape index (κ1) is 105. The fourth-order valence-electron chi connectivity index (χ4n) is 22.8. The van der Waals surface area contributed by atoms with Gasteiger partial charge in [-0.25, -0.2) is 39.5 Å². The monoisotopic (exact) mass is 1940 g/mol. The summed E-state index contributed by atoms with van der Waals surface area (Å²) >= 11 is 0. The largest absolute Gasteiger partial charge is 0.443 e. The highest BCUT2D eigenvalue weighted by molar-refractivity contribution is 6.12. The predicted octanol–water partition coefficient (Wildman–Crippen LogP) is 10.6. The number of ether oxygens (including phenoxy) is 15. The number of rotatable bonds is 14. The van der Waals surface area contributed by atoms with Crippen molar-refractivity contribution in [3.63, 3.8) is 0 Å². The molecular formula is C100H148N10O28. The number of imide groups is 1. The fraction of sp³-hybridized carbons (Fsp3) is 0.750. The molecular weight excluding hydrogens is 1790 g/mol. The summed E-state index contributed by atoms with van der Waals surface area (Å²) in [5.74, 6) is -2.14. The number of ketones is 1. The molecule has 0 radical (unpaired) electrons. The lowest BCUT2D eigenvalue weighted by atomic mass is 9.94. The number of fused-ring (bicyclic) bond motifs is 6. The Morgan fingerprint density at radius 1 is 0.486 bits per heavy atom. The lowest BCUT2D eigenvalue weighted by Crippen LogP contribution is -2.44. The number of carbonyl (C=O) groups excluding carboxylic acids is 3. The SMILES string of the molecule is C=C[C@H](O)[C@@H]1OC2(CCCCC2)O[C@@H]1C=C.C=C[C@H](O)[C@@H]1OC2(CCCCC2)O[C@@H]1[C@H](O)CO.C=C[C@H]1C[C@@H](n2cnc3c(N(C(=O)OC(C)(C)C)C(=O)OC(C)(C)C)ncnc32)[C@@H]2OC3(CCCCC3)O[C@@H]21.C=C[C@H]1C[C@H](O)[C@@H]2OC3(CCCCC3)O[C@@H]21.Nc1ncnc2c1ncn2[C@@H]1C[C@H](CO)[C@H]2OC3(CCCCC3)O[C@H]21.O=C1C=C[C@H]2OC3(CCCCC3)O[C@@H]12.OC[C@H]1OC(O)[C@H](O)[C@@H]1O. The molecule has 38 nitrogen and oxygen atoms in total. The van der Waals surface area contributed by atoms with E-state index in [2.05, 4.69) is 67.5 Å². The molecule has 138 heavy (non-hydrogen) atoms. The highest BCUT2D eigenvalue weighted by atomic mass is 16.8. The van der Waals surface area contributed by atoms with Crippen LogP contribution in [0.1, 0.15) is 266 Å². The Labute approximate surface area is 806 Å². The van der Waals surface area contributed by atoms with Crippen molar-refractivity contribution < 1.29 is 137 Å². The van der Waals surface area contributed by atoms with Gasteiger partial charge < -0.3 is 137 Å². The lowest BCUT2D eigenvalue weighted by Gasteiger charge is -2.34. The Kier molecular flexibility index (Phi) is 34.0. The van der Waals surface area contributed by atoms with E-state index >= 15 is 0 Å². The van der Waals surface area contributed by atoms with Crippen molar-refractivity contribution in [2.45, 2.75) is 434 Å². The third-order valence-corrected chi connectivity index (χ3v) is 29.7. The van der Waals surface area contributed by atoms with Gasteiger partial charge in [-0.15, -0.1) is 32.9 Å². The normalized spacial score (nSPS) is 34.9. The van der Waals surface area contributed by atoms with E-state index in [1.807, 2.05) is 27.4 Å². The summed E-state index contributed by atoms with van der Waals surface area (Å²) in [5, 5.41) is 93.3. The molecule has 2 amide bonds. The number of anilines is 2. The molecule has 7 aliphatic heterocycles. The van der Waals surface area contributed by atoms with E-state index in [1.165, 1.54) is 69.8 Å². The first-order valence-electron chi connectivity index (χ1n) is 50.1. The van der Waals surface area contributed by atoms with Crippen LogP contribution in [0.2, 0.25) is 0 Å². The highest BCUT2D eigenvalue weighted by Crippen LogP contribution is 2.56. The summed E-state index contributed by atoms with van der Waals surface area (Å²) in [7, 11) is 0. The van der Waals surface area contributed by atoms with Crippen molar-refractivity contribution in [2.75, 3.05) is 30.5 Å². The maximum Gasteiger partial charge on any atom is 0.425 e. The molecule has 7 saturated heterocycles. The third-order valence-electron chi connectivity index (χ3n) is 29.7. The van der Waals surface area contributed by atoms with Gasteiger partial charge in [0.2, 0.25) is 0 Å². The zero-order chi connectivity index (χ0) is 98.4. The molecule has 0 bridgehead atoms. The molecule has 9 saturated carbocycles. The minimum absolute atomic E-state index is 0.00981. The van der Waals surface area contributed by atoms with Crippen molar-refractivity contribution in [1.82, 2.24) is 39.0 Å². The summed E-state index contributed by atoms with van der Waals surface area (Å²) in [4.78, 5) is 64.8. The number of nitrogens with zero attached hydrogens (tertiary/aromatic N) is 9. The summed E-state index contributed by atoms with van der Waals surface area (Å²) < 4.78 is 93.1. The van der Waals surface area contributed by atoms with E-state index in [-0.39, 0.29) is 126 Å². The van der Waals surface area contributed by atoms with Crippen LogP contribution < -0.4 is 10.6 Å². The number of carbonyl (C=O) groups is 3. The van der Waals surface area contributed by atoms with Gasteiger partial charge in [0.05, 0.1) is 62.4 Å². The van der Waals surface area contributed by atoms with Gasteiger partial charge in [0.25, 0.3) is 0 Å². The number of hydrogen-bond donors (Lipinski definition) is 11. The van der Waals surface area contributed by atoms with Crippen molar-refractivity contribution >= 4 is 51.9 Å². The summed E-state index contributed by atoms with van der Waals surface area (Å²) in [5.41, 5.74) is 6.28. The zero-order valence-electron chi connectivity index (χ0n) is 80.7. The Balaban J connectivity index is 0.000000128. The number of aromatic nitrogens is 8. The molecule has 0 aromatic carbocycles. The van der Waals surface area contributed by atoms with E-state index in [4.69, 9.17) is 97.6 Å². The average Bonchev–Trinajstić information content (AvgIpc) is 1.58. The molecule has 17 aliphatic rings. The van der Waals surface area contributed by atoms with Gasteiger partial charge in [-0.3, -0.25) is 4.79 Å². The zero-order valence-corrected chi connectivity index (χ0v) is 80.7. The summed E-state index contributed by atoms with van der Waals surface area (Å²) in [6.07, 6.45) is 39.2. The number of nitrogen functional groups attached to an aromatic ring is 1. The molecule has 25 atom stereocenters. The molecule has 4 aromatic rings. The standard InChI is InChI=1S/C28H39N5O6.C17H23N5O3.C13H22O5.2C13H20O3.C11H14O3.C5H10O5/c1-8-17-14-18(21-20(17)36-28(37-21)12-10-9-11-13-28)32-16-31-19-22(32)29-15-30-23(19)33(24(34)38-26(2,3)4)25(35)39-27(5,6)7;18-15-12-16(20-8-19-15)22(9-21-12)11-6-10(7-23)13-14(11)25-17(24-13)4-2-1-3-5-17;1-2-9(15)11-12(10(16)8-14)18-13(17-11)6-4-3-5-7-13;1-2-9-8-10(14)12-11(9)15-13(16-12)6-4-3-5-7-13;1-3-10(14)12-11(4-2)15-13(16-12)8-6-5-7-9-13;12-8-4-5-9-10(8)14-11(13-9)6-2-1-3-7-11;6-1-2-3(7)4(8)5(9)10-2/h8,15-18,20-21H,1,9-14H2,2-7H3;8-11,13-14,23H,1-7H2,(H2,18,19,20);2,9-12,14-16H,1,3-8H2;2,9-12,14H,1,3-8H2;3-4,10-12,14H,1-2,5-9H2;4-5,9-10H,1-3,6-7H2;2-9H,1H2/t17-,18+,20+,21-;10-,11-,13-,14+;9-,10+,11-,12+;9-,10-,11+,12-;10-,11+,12-;9-,10+;2-,3-,4-,5?/m0100011/s1. The van der Waals surface area contributed by atoms with Crippen molar-refractivity contribution in [2.24, 2.45) is 17.8 Å². The Bertz CT molecular complexity index is 4770. The van der Waals surface area contributed by atoms with E-state index < -0.39 is 121 Å². The molecule has 10 aliphatic carbocycles. The second kappa shape index (κ2) is 44.6. The van der Waals surface area contributed by atoms with E-state index in [1.54, 1.807) is 66.3 Å². The number of aliphatic hydroxyl groups is 10. The van der Waals surface area contributed by atoms with E-state index in [9.17, 15) is 39.9 Å². The minimum atomic E-state index is -1.38. The predicted molar refractivity (Wildman–Crippen MR) is 499 cm³/mol. The van der Waals surface area contributed by atoms with Crippen LogP contribution in [-0.4, -0.2) is 296 Å². The van der Waals surface area contributed by atoms with Crippen LogP contribution in [-0.2, 0) is 75.8 Å². The summed E-state index contributed by atoms with van der Waals surface area (Å²) in [6.45, 7) is 28.3. The molecule has 11 heterocycles. The minimum Gasteiger partial charge on any atom is -0.443 e. The number of hydrogen-bond acceptors (Lipinski definition) is 35.